The molecule has 0 amide bonds. The van der Waals surface area contributed by atoms with Crippen molar-refractivity contribution in [2.45, 2.75) is 219 Å². The van der Waals surface area contributed by atoms with Gasteiger partial charge in [-0.2, -0.15) is 0 Å². The predicted octanol–water partition coefficient (Wildman–Crippen LogP) is 15.6. The average molecular weight is 945 g/mol. The van der Waals surface area contributed by atoms with Crippen LogP contribution >= 0.6 is 7.82 Å². The molecule has 66 heavy (non-hydrogen) atoms. The molecule has 0 saturated carbocycles. The van der Waals surface area contributed by atoms with Gasteiger partial charge in [0.15, 0.2) is 0 Å². The van der Waals surface area contributed by atoms with E-state index in [4.69, 9.17) is 23.6 Å². The molecule has 3 N–H and O–H groups in total. The molecule has 380 valence electrons. The number of esters is 1. The van der Waals surface area contributed by atoms with Gasteiger partial charge in [0.1, 0.15) is 12.2 Å². The minimum atomic E-state index is -4.54. The molecule has 0 aromatic heterocycles. The summed E-state index contributed by atoms with van der Waals surface area (Å²) in [5.41, 5.74) is 0. The van der Waals surface area contributed by atoms with Crippen LogP contribution in [0, 0.1) is 0 Å². The van der Waals surface area contributed by atoms with Crippen molar-refractivity contribution in [3.63, 3.8) is 0 Å². The number of phosphoric acid groups is 1. The van der Waals surface area contributed by atoms with Crippen LogP contribution in [0.25, 0.3) is 0 Å². The van der Waals surface area contributed by atoms with Crippen LogP contribution in [0.5, 0.6) is 0 Å². The molecule has 0 radical (unpaired) electrons. The summed E-state index contributed by atoms with van der Waals surface area (Å²) in [7, 11) is -4.54. The lowest BCUT2D eigenvalue weighted by Crippen LogP contribution is -2.29. The van der Waals surface area contributed by atoms with Gasteiger partial charge in [-0.25, -0.2) is 4.57 Å². The Morgan fingerprint density at radius 2 is 0.864 bits per heavy atom. The van der Waals surface area contributed by atoms with Crippen molar-refractivity contribution in [2.24, 2.45) is 0 Å². The van der Waals surface area contributed by atoms with E-state index in [-0.39, 0.29) is 13.0 Å². The van der Waals surface area contributed by atoms with Crippen LogP contribution < -0.4 is 0 Å². The molecule has 0 heterocycles. The fourth-order valence-corrected chi connectivity index (χ4v) is 7.59. The quantitative estimate of drug-likeness (QED) is 0.0236. The Labute approximate surface area is 404 Å². The van der Waals surface area contributed by atoms with Gasteiger partial charge < -0.3 is 24.6 Å². The zero-order valence-corrected chi connectivity index (χ0v) is 42.8. The molecule has 0 aliphatic carbocycles. The number of aliphatic hydroxyl groups is 2. The van der Waals surface area contributed by atoms with Gasteiger partial charge in [-0.3, -0.25) is 13.8 Å². The van der Waals surface area contributed by atoms with E-state index in [0.717, 1.165) is 77.0 Å². The fraction of sp³-hybridized carbons (Fsp3) is 0.696. The summed E-state index contributed by atoms with van der Waals surface area (Å²) in [6.45, 7) is 3.33. The van der Waals surface area contributed by atoms with E-state index < -0.39 is 45.8 Å². The van der Waals surface area contributed by atoms with E-state index in [9.17, 15) is 19.4 Å². The highest BCUT2D eigenvalue weighted by molar-refractivity contribution is 7.47. The maximum absolute atomic E-state index is 12.7. The first-order chi connectivity index (χ1) is 32.3. The Morgan fingerprint density at radius 3 is 1.30 bits per heavy atom. The summed E-state index contributed by atoms with van der Waals surface area (Å²) >= 11 is 0. The molecular formula is C56H97O9P. The van der Waals surface area contributed by atoms with E-state index >= 15 is 0 Å². The molecule has 0 aliphatic heterocycles. The van der Waals surface area contributed by atoms with E-state index in [1.54, 1.807) is 0 Å². The van der Waals surface area contributed by atoms with Crippen LogP contribution in [0.1, 0.15) is 206 Å². The van der Waals surface area contributed by atoms with Crippen molar-refractivity contribution in [1.29, 1.82) is 0 Å². The minimum Gasteiger partial charge on any atom is -0.457 e. The zero-order valence-electron chi connectivity index (χ0n) is 41.9. The van der Waals surface area contributed by atoms with Crippen LogP contribution in [0.4, 0.5) is 0 Å². The third-order valence-corrected chi connectivity index (χ3v) is 11.7. The number of rotatable bonds is 49. The van der Waals surface area contributed by atoms with Crippen LogP contribution in [-0.2, 0) is 27.9 Å². The van der Waals surface area contributed by atoms with Gasteiger partial charge in [-0.05, 0) is 96.3 Å². The Hall–Kier alpha value is -2.62. The van der Waals surface area contributed by atoms with Gasteiger partial charge in [-0.1, -0.05) is 201 Å². The van der Waals surface area contributed by atoms with Gasteiger partial charge >= 0.3 is 13.8 Å². The minimum absolute atomic E-state index is 0.0250. The summed E-state index contributed by atoms with van der Waals surface area (Å²) in [5, 5.41) is 18.4. The largest absolute Gasteiger partial charge is 0.472 e. The number of ether oxygens (including phenoxy) is 2. The Bertz CT molecular complexity index is 1350. The Morgan fingerprint density at radius 1 is 0.485 bits per heavy atom. The summed E-state index contributed by atoms with van der Waals surface area (Å²) < 4.78 is 33.5. The van der Waals surface area contributed by atoms with Gasteiger partial charge in [0.2, 0.25) is 0 Å². The van der Waals surface area contributed by atoms with E-state index in [1.807, 2.05) is 0 Å². The maximum Gasteiger partial charge on any atom is 0.472 e. The molecule has 0 aromatic carbocycles. The molecule has 0 rings (SSSR count). The maximum atomic E-state index is 12.7. The first kappa shape index (κ1) is 63.4. The molecule has 9 nitrogen and oxygen atoms in total. The first-order valence-electron chi connectivity index (χ1n) is 26.2. The topological polar surface area (TPSA) is 132 Å². The summed E-state index contributed by atoms with van der Waals surface area (Å²) in [5.74, 6) is -0.426. The van der Waals surface area contributed by atoms with E-state index in [2.05, 4.69) is 111 Å². The number of allylic oxidation sites excluding steroid dienone is 16. The van der Waals surface area contributed by atoms with Crippen molar-refractivity contribution in [2.75, 3.05) is 33.0 Å². The van der Waals surface area contributed by atoms with Crippen molar-refractivity contribution < 1.29 is 43.0 Å². The second kappa shape index (κ2) is 51.8. The molecule has 3 unspecified atom stereocenters. The van der Waals surface area contributed by atoms with Crippen LogP contribution in [0.2, 0.25) is 0 Å². The normalized spacial score (nSPS) is 14.6. The number of carbonyl (C=O) groups excluding carboxylic acids is 1. The lowest BCUT2D eigenvalue weighted by Gasteiger charge is -2.20. The summed E-state index contributed by atoms with van der Waals surface area (Å²) in [6, 6.07) is 0. The smallest absolute Gasteiger partial charge is 0.457 e. The van der Waals surface area contributed by atoms with E-state index in [1.165, 1.54) is 103 Å². The molecule has 0 fully saturated rings. The molecule has 0 bridgehead atoms. The molecular weight excluding hydrogens is 848 g/mol. The highest BCUT2D eigenvalue weighted by Gasteiger charge is 2.26. The molecule has 0 aromatic rings. The third-order valence-electron chi connectivity index (χ3n) is 10.8. The molecule has 3 atom stereocenters. The fourth-order valence-electron chi connectivity index (χ4n) is 6.80. The van der Waals surface area contributed by atoms with Crippen molar-refractivity contribution in [3.8, 4) is 0 Å². The number of hydrogen-bond donors (Lipinski definition) is 3. The number of phosphoric ester groups is 1. The second-order valence-corrected chi connectivity index (χ2v) is 18.6. The van der Waals surface area contributed by atoms with Crippen LogP contribution in [0.15, 0.2) is 97.2 Å². The Kier molecular flexibility index (Phi) is 49.7. The van der Waals surface area contributed by atoms with Gasteiger partial charge in [-0.15, -0.1) is 0 Å². The average Bonchev–Trinajstić information content (AvgIpc) is 3.31. The summed E-state index contributed by atoms with van der Waals surface area (Å²) in [6.07, 6.45) is 66.7. The SMILES string of the molecule is CC/C=C\C/C=C\C/C=C\C/C=C\C/C=C\C/C=C\CCCCC(=O)OC(COCCCCCCCCCCCCCC/C=C\C/C=C\CCCCCCC)COP(=O)(O)OCC(O)CO. The zero-order chi connectivity index (χ0) is 48.1. The Balaban J connectivity index is 4.16. The monoisotopic (exact) mass is 945 g/mol. The molecule has 10 heteroatoms. The number of hydrogen-bond acceptors (Lipinski definition) is 8. The van der Waals surface area contributed by atoms with E-state index in [0.29, 0.717) is 13.0 Å². The lowest BCUT2D eigenvalue weighted by atomic mass is 10.0. The first-order valence-corrected chi connectivity index (χ1v) is 27.7. The van der Waals surface area contributed by atoms with Crippen molar-refractivity contribution in [3.05, 3.63) is 97.2 Å². The lowest BCUT2D eigenvalue weighted by molar-refractivity contribution is -0.154. The highest BCUT2D eigenvalue weighted by atomic mass is 31.2. The standard InChI is InChI=1S/C56H97O9P/c1-3-5-7-9-11-13-15-17-19-21-23-25-26-27-29-31-33-35-37-39-41-43-45-47-49-62-52-55(53-64-66(60,61)63-51-54(58)50-57)65-56(59)48-46-44-42-40-38-36-34-32-30-28-24-22-20-18-16-14-12-10-8-6-4-2/h6,8,12,14-15,17-18,20-21,23-24,28,32,34,38,40,54-55,57-58H,3-5,7,9-11,13,16,19,22,25-27,29-31,33,35-37,39,41-53H2,1-2H3,(H,60,61)/b8-6-,14-12-,17-15-,20-18-,23-21-,28-24-,34-32-,40-38-. The van der Waals surface area contributed by atoms with Crippen molar-refractivity contribution >= 4 is 13.8 Å². The van der Waals surface area contributed by atoms with Crippen molar-refractivity contribution in [1.82, 2.24) is 0 Å². The predicted molar refractivity (Wildman–Crippen MR) is 278 cm³/mol. The summed E-state index contributed by atoms with van der Waals surface area (Å²) in [4.78, 5) is 22.7. The molecule has 0 saturated heterocycles. The van der Waals surface area contributed by atoms with Gasteiger partial charge in [0.25, 0.3) is 0 Å². The number of aliphatic hydroxyl groups excluding tert-OH is 2. The third kappa shape index (κ3) is 50.8. The molecule has 0 aliphatic rings. The van der Waals surface area contributed by atoms with Gasteiger partial charge in [0, 0.05) is 13.0 Å². The van der Waals surface area contributed by atoms with Gasteiger partial charge in [0.05, 0.1) is 26.4 Å². The van der Waals surface area contributed by atoms with Crippen LogP contribution in [0.3, 0.4) is 0 Å². The highest BCUT2D eigenvalue weighted by Crippen LogP contribution is 2.43. The van der Waals surface area contributed by atoms with Crippen LogP contribution in [-0.4, -0.2) is 66.3 Å². The second-order valence-electron chi connectivity index (χ2n) is 17.2. The number of unbranched alkanes of at least 4 members (excludes halogenated alkanes) is 19. The molecule has 0 spiro atoms. The number of carbonyl (C=O) groups is 1.